The van der Waals surface area contributed by atoms with E-state index in [0.29, 0.717) is 12.3 Å². The van der Waals surface area contributed by atoms with Crippen LogP contribution in [0.3, 0.4) is 0 Å². The molecule has 2 aromatic rings. The van der Waals surface area contributed by atoms with Gasteiger partial charge < -0.3 is 14.4 Å². The Morgan fingerprint density at radius 3 is 3.00 bits per heavy atom. The summed E-state index contributed by atoms with van der Waals surface area (Å²) >= 11 is 0. The molecule has 3 heterocycles. The van der Waals surface area contributed by atoms with Crippen LogP contribution >= 0.6 is 0 Å². The Morgan fingerprint density at radius 2 is 2.29 bits per heavy atom. The summed E-state index contributed by atoms with van der Waals surface area (Å²) < 4.78 is 5.52. The maximum absolute atomic E-state index is 12.6. The first-order valence-electron chi connectivity index (χ1n) is 8.06. The predicted molar refractivity (Wildman–Crippen MR) is 88.4 cm³/mol. The molecule has 24 heavy (non-hydrogen) atoms. The van der Waals surface area contributed by atoms with E-state index in [1.807, 2.05) is 6.07 Å². The first-order chi connectivity index (χ1) is 11.4. The average molecular weight is 327 g/mol. The molecule has 2 N–H and O–H groups in total. The van der Waals surface area contributed by atoms with Gasteiger partial charge in [0, 0.05) is 30.9 Å². The van der Waals surface area contributed by atoms with E-state index in [-0.39, 0.29) is 17.6 Å². The van der Waals surface area contributed by atoms with Crippen LogP contribution in [-0.2, 0) is 0 Å². The van der Waals surface area contributed by atoms with Crippen molar-refractivity contribution < 1.29 is 14.3 Å². The maximum Gasteiger partial charge on any atom is 0.289 e. The molecule has 2 aromatic heterocycles. The largest absolute Gasteiger partial charge is 0.443 e. The zero-order chi connectivity index (χ0) is 17.2. The second-order valence-electron chi connectivity index (χ2n) is 6.58. The summed E-state index contributed by atoms with van der Waals surface area (Å²) in [4.78, 5) is 14.4. The lowest BCUT2D eigenvalue weighted by Gasteiger charge is -2.31. The van der Waals surface area contributed by atoms with Crippen molar-refractivity contribution in [3.05, 3.63) is 41.6 Å². The normalized spacial score (nSPS) is 18.1. The molecule has 0 bridgehead atoms. The van der Waals surface area contributed by atoms with Gasteiger partial charge in [0.2, 0.25) is 0 Å². The van der Waals surface area contributed by atoms with Crippen molar-refractivity contribution in [3.8, 4) is 11.8 Å². The van der Waals surface area contributed by atoms with Crippen LogP contribution in [0.5, 0.6) is 0 Å². The van der Waals surface area contributed by atoms with E-state index in [9.17, 15) is 9.90 Å². The fourth-order valence-electron chi connectivity index (χ4n) is 2.80. The van der Waals surface area contributed by atoms with Crippen LogP contribution in [0.2, 0.25) is 0 Å². The van der Waals surface area contributed by atoms with Gasteiger partial charge in [-0.25, -0.2) is 0 Å². The molecule has 1 amide bonds. The molecule has 1 saturated heterocycles. The highest BCUT2D eigenvalue weighted by atomic mass is 16.4. The summed E-state index contributed by atoms with van der Waals surface area (Å²) in [7, 11) is 0. The Labute approximate surface area is 140 Å². The van der Waals surface area contributed by atoms with Crippen LogP contribution in [0.4, 0.5) is 0 Å². The van der Waals surface area contributed by atoms with Gasteiger partial charge in [0.1, 0.15) is 5.60 Å². The van der Waals surface area contributed by atoms with E-state index < -0.39 is 5.60 Å². The minimum absolute atomic E-state index is 0.129. The van der Waals surface area contributed by atoms with Crippen LogP contribution in [0, 0.1) is 11.8 Å². The van der Waals surface area contributed by atoms with E-state index in [1.165, 1.54) is 0 Å². The van der Waals surface area contributed by atoms with E-state index in [0.717, 1.165) is 25.1 Å². The number of aromatic amines is 1. The number of nitrogens with zero attached hydrogens (tertiary/aromatic N) is 2. The minimum atomic E-state index is -1.10. The molecule has 0 radical (unpaired) electrons. The lowest BCUT2D eigenvalue weighted by molar-refractivity contribution is 0.0673. The molecule has 1 aliphatic rings. The number of amides is 1. The van der Waals surface area contributed by atoms with Crippen molar-refractivity contribution in [3.63, 3.8) is 0 Å². The molecule has 6 heteroatoms. The fourth-order valence-corrected chi connectivity index (χ4v) is 2.80. The van der Waals surface area contributed by atoms with Gasteiger partial charge in [-0.15, -0.1) is 0 Å². The van der Waals surface area contributed by atoms with Gasteiger partial charge >= 0.3 is 0 Å². The van der Waals surface area contributed by atoms with E-state index >= 15 is 0 Å². The molecule has 1 atom stereocenters. The Hall–Kier alpha value is -2.52. The smallest absolute Gasteiger partial charge is 0.289 e. The molecule has 0 saturated carbocycles. The van der Waals surface area contributed by atoms with Crippen LogP contribution in [0.25, 0.3) is 0 Å². The standard InChI is InChI=1S/C18H21N3O3/c1-18(2,23)9-7-14-5-6-16(24-14)17(22)21-11-3-4-13(12-21)15-8-10-19-20-15/h5-6,8,10,13,23H,3-4,11-12H2,1-2H3,(H,19,20)/t13-/m0/s1. The number of nitrogens with one attached hydrogen (secondary N) is 1. The monoisotopic (exact) mass is 327 g/mol. The van der Waals surface area contributed by atoms with Crippen molar-refractivity contribution >= 4 is 5.91 Å². The van der Waals surface area contributed by atoms with Gasteiger partial charge in [-0.3, -0.25) is 9.89 Å². The van der Waals surface area contributed by atoms with Crippen molar-refractivity contribution in [1.29, 1.82) is 0 Å². The highest BCUT2D eigenvalue weighted by Gasteiger charge is 2.27. The SMILES string of the molecule is CC(C)(O)C#Cc1ccc(C(=O)N2CCC[C@H](c3ccn[nH]3)C2)o1. The molecular weight excluding hydrogens is 306 g/mol. The number of piperidine rings is 1. The van der Waals surface area contributed by atoms with Gasteiger partial charge in [0.15, 0.2) is 11.5 Å². The number of rotatable bonds is 2. The third-order valence-corrected chi connectivity index (χ3v) is 3.98. The Kier molecular flexibility index (Phi) is 4.45. The highest BCUT2D eigenvalue weighted by Crippen LogP contribution is 2.26. The Morgan fingerprint density at radius 1 is 1.46 bits per heavy atom. The van der Waals surface area contributed by atoms with Crippen LogP contribution in [0.1, 0.15) is 54.6 Å². The first kappa shape index (κ1) is 16.3. The number of carbonyl (C=O) groups excluding carboxylic acids is 1. The summed E-state index contributed by atoms with van der Waals surface area (Å²) in [6.45, 7) is 4.55. The molecule has 126 valence electrons. The van der Waals surface area contributed by atoms with Crippen molar-refractivity contribution in [2.75, 3.05) is 13.1 Å². The number of aromatic nitrogens is 2. The van der Waals surface area contributed by atoms with Crippen LogP contribution in [0.15, 0.2) is 28.8 Å². The number of hydrogen-bond donors (Lipinski definition) is 2. The number of aliphatic hydroxyl groups is 1. The fraction of sp³-hybridized carbons (Fsp3) is 0.444. The predicted octanol–water partition coefficient (Wildman–Crippen LogP) is 2.14. The molecule has 6 nitrogen and oxygen atoms in total. The third kappa shape index (κ3) is 3.87. The number of likely N-dealkylation sites (tertiary alicyclic amines) is 1. The second-order valence-corrected chi connectivity index (χ2v) is 6.58. The zero-order valence-corrected chi connectivity index (χ0v) is 13.9. The van der Waals surface area contributed by atoms with E-state index in [2.05, 4.69) is 22.0 Å². The van der Waals surface area contributed by atoms with E-state index in [4.69, 9.17) is 4.42 Å². The zero-order valence-electron chi connectivity index (χ0n) is 13.9. The Balaban J connectivity index is 1.70. The molecular formula is C18H21N3O3. The lowest BCUT2D eigenvalue weighted by atomic mass is 9.95. The van der Waals surface area contributed by atoms with Gasteiger partial charge in [-0.2, -0.15) is 5.10 Å². The average Bonchev–Trinajstić information content (AvgIpc) is 3.23. The highest BCUT2D eigenvalue weighted by molar-refractivity contribution is 5.91. The van der Waals surface area contributed by atoms with Gasteiger partial charge in [-0.1, -0.05) is 5.92 Å². The topological polar surface area (TPSA) is 82.4 Å². The summed E-state index contributed by atoms with van der Waals surface area (Å²) in [6, 6.07) is 5.24. The molecule has 1 fully saturated rings. The summed E-state index contributed by atoms with van der Waals surface area (Å²) in [5, 5.41) is 16.6. The lowest BCUT2D eigenvalue weighted by Crippen LogP contribution is -2.39. The van der Waals surface area contributed by atoms with Crippen molar-refractivity contribution in [2.24, 2.45) is 0 Å². The van der Waals surface area contributed by atoms with Crippen molar-refractivity contribution in [2.45, 2.75) is 38.2 Å². The third-order valence-electron chi connectivity index (χ3n) is 3.98. The minimum Gasteiger partial charge on any atom is -0.443 e. The van der Waals surface area contributed by atoms with Crippen LogP contribution in [-0.4, -0.2) is 44.8 Å². The van der Waals surface area contributed by atoms with Crippen LogP contribution < -0.4 is 0 Å². The Bertz CT molecular complexity index is 760. The van der Waals surface area contributed by atoms with Gasteiger partial charge in [-0.05, 0) is 50.8 Å². The molecule has 0 spiro atoms. The number of H-pyrrole nitrogens is 1. The van der Waals surface area contributed by atoms with Crippen molar-refractivity contribution in [1.82, 2.24) is 15.1 Å². The summed E-state index contributed by atoms with van der Waals surface area (Å²) in [6.07, 6.45) is 3.71. The molecule has 0 aromatic carbocycles. The summed E-state index contributed by atoms with van der Waals surface area (Å²) in [5.41, 5.74) is -0.0371. The molecule has 3 rings (SSSR count). The molecule has 0 unspecified atom stereocenters. The number of hydrogen-bond acceptors (Lipinski definition) is 4. The first-order valence-corrected chi connectivity index (χ1v) is 8.06. The molecule has 1 aliphatic heterocycles. The van der Waals surface area contributed by atoms with Gasteiger partial charge in [0.05, 0.1) is 0 Å². The quantitative estimate of drug-likeness (QED) is 0.828. The van der Waals surface area contributed by atoms with Gasteiger partial charge in [0.25, 0.3) is 5.91 Å². The number of furan rings is 1. The molecule has 0 aliphatic carbocycles. The summed E-state index contributed by atoms with van der Waals surface area (Å²) in [5.74, 6) is 6.21. The number of carbonyl (C=O) groups is 1. The maximum atomic E-state index is 12.6. The van der Waals surface area contributed by atoms with E-state index in [1.54, 1.807) is 37.1 Å². The second kappa shape index (κ2) is 6.54.